The Hall–Kier alpha value is -2.68. The third kappa shape index (κ3) is 7.23. The number of amides is 1. The van der Waals surface area contributed by atoms with Crippen LogP contribution >= 0.6 is 0 Å². The Kier molecular flexibility index (Phi) is 6.94. The molecule has 2 unspecified atom stereocenters. The van der Waals surface area contributed by atoms with E-state index in [1.54, 1.807) is 6.92 Å². The summed E-state index contributed by atoms with van der Waals surface area (Å²) in [6.45, 7) is 1.55. The molecule has 0 aromatic heterocycles. The molecule has 0 aliphatic carbocycles. The van der Waals surface area contributed by atoms with E-state index in [0.29, 0.717) is 5.56 Å². The Morgan fingerprint density at radius 2 is 1.96 bits per heavy atom. The summed E-state index contributed by atoms with van der Waals surface area (Å²) in [4.78, 5) is 32.0. The van der Waals surface area contributed by atoms with E-state index in [1.165, 1.54) is 24.3 Å². The molecule has 23 heavy (non-hydrogen) atoms. The molecule has 0 spiro atoms. The van der Waals surface area contributed by atoms with Crippen LogP contribution in [0.2, 0.25) is 0 Å². The van der Waals surface area contributed by atoms with Crippen LogP contribution in [0.25, 0.3) is 0 Å². The quantitative estimate of drug-likeness (QED) is 0.485. The van der Waals surface area contributed by atoms with Gasteiger partial charge in [-0.2, -0.15) is 0 Å². The van der Waals surface area contributed by atoms with Gasteiger partial charge >= 0.3 is 12.1 Å². The lowest BCUT2D eigenvalue weighted by molar-refractivity contribution is -0.384. The van der Waals surface area contributed by atoms with Gasteiger partial charge in [-0.15, -0.1) is 0 Å². The smallest absolute Gasteiger partial charge is 0.407 e. The van der Waals surface area contributed by atoms with Crippen LogP contribution in [0.3, 0.4) is 0 Å². The Morgan fingerprint density at radius 1 is 1.35 bits per heavy atom. The SMILES string of the molecule is CC(CC(O)CC(=O)O)NC(=O)OCc1ccc([N+](=O)[O-])cc1. The number of benzene rings is 1. The summed E-state index contributed by atoms with van der Waals surface area (Å²) in [5.74, 6) is -1.12. The fourth-order valence-electron chi connectivity index (χ4n) is 1.86. The average molecular weight is 326 g/mol. The number of nitro benzene ring substituents is 1. The summed E-state index contributed by atoms with van der Waals surface area (Å²) in [7, 11) is 0. The van der Waals surface area contributed by atoms with E-state index < -0.39 is 35.6 Å². The number of nitrogens with one attached hydrogen (secondary N) is 1. The van der Waals surface area contributed by atoms with Gasteiger partial charge in [-0.25, -0.2) is 4.79 Å². The predicted octanol–water partition coefficient (Wildman–Crippen LogP) is 1.44. The van der Waals surface area contributed by atoms with Gasteiger partial charge in [-0.05, 0) is 31.0 Å². The van der Waals surface area contributed by atoms with Crippen molar-refractivity contribution in [2.45, 2.75) is 38.5 Å². The minimum absolute atomic E-state index is 0.0563. The number of hydrogen-bond donors (Lipinski definition) is 3. The highest BCUT2D eigenvalue weighted by Crippen LogP contribution is 2.12. The zero-order valence-corrected chi connectivity index (χ0v) is 12.5. The predicted molar refractivity (Wildman–Crippen MR) is 78.8 cm³/mol. The van der Waals surface area contributed by atoms with E-state index in [0.717, 1.165) is 0 Å². The van der Waals surface area contributed by atoms with Crippen LogP contribution in [0.15, 0.2) is 24.3 Å². The summed E-state index contributed by atoms with van der Waals surface area (Å²) >= 11 is 0. The molecule has 1 rings (SSSR count). The number of carbonyl (C=O) groups is 2. The molecule has 126 valence electrons. The van der Waals surface area contributed by atoms with Crippen molar-refractivity contribution in [3.8, 4) is 0 Å². The van der Waals surface area contributed by atoms with Crippen LogP contribution in [-0.2, 0) is 16.1 Å². The topological polar surface area (TPSA) is 139 Å². The highest BCUT2D eigenvalue weighted by atomic mass is 16.6. The van der Waals surface area contributed by atoms with E-state index in [1.807, 2.05) is 0 Å². The van der Waals surface area contributed by atoms with Gasteiger partial charge in [0.15, 0.2) is 0 Å². The van der Waals surface area contributed by atoms with E-state index in [9.17, 15) is 24.8 Å². The first-order chi connectivity index (χ1) is 10.8. The Balaban J connectivity index is 2.35. The van der Waals surface area contributed by atoms with E-state index in [2.05, 4.69) is 5.32 Å². The number of nitro groups is 1. The maximum Gasteiger partial charge on any atom is 0.407 e. The monoisotopic (exact) mass is 326 g/mol. The maximum absolute atomic E-state index is 11.6. The van der Waals surface area contributed by atoms with Gasteiger partial charge in [0.2, 0.25) is 0 Å². The number of hydrogen-bond acceptors (Lipinski definition) is 6. The lowest BCUT2D eigenvalue weighted by Crippen LogP contribution is -2.36. The fourth-order valence-corrected chi connectivity index (χ4v) is 1.86. The first-order valence-corrected chi connectivity index (χ1v) is 6.84. The van der Waals surface area contributed by atoms with Crippen LogP contribution < -0.4 is 5.32 Å². The van der Waals surface area contributed by atoms with Crippen molar-refractivity contribution in [2.75, 3.05) is 0 Å². The first kappa shape index (κ1) is 18.4. The number of non-ortho nitro benzene ring substituents is 1. The zero-order valence-electron chi connectivity index (χ0n) is 12.5. The van der Waals surface area contributed by atoms with E-state index in [4.69, 9.17) is 9.84 Å². The lowest BCUT2D eigenvalue weighted by atomic mass is 10.1. The Labute approximate surface area is 132 Å². The lowest BCUT2D eigenvalue weighted by Gasteiger charge is -2.16. The highest BCUT2D eigenvalue weighted by Gasteiger charge is 2.16. The molecule has 9 nitrogen and oxygen atoms in total. The number of aliphatic hydroxyl groups excluding tert-OH is 1. The standard InChI is InChI=1S/C14H18N2O7/c1-9(6-12(17)7-13(18)19)15-14(20)23-8-10-2-4-11(5-3-10)16(21)22/h2-5,9,12,17H,6-8H2,1H3,(H,15,20)(H,18,19). The molecule has 1 aromatic carbocycles. The Bertz CT molecular complexity index is 559. The second-order valence-electron chi connectivity index (χ2n) is 5.03. The number of ether oxygens (including phenoxy) is 1. The van der Waals surface area contributed by atoms with Gasteiger partial charge in [0.1, 0.15) is 6.61 Å². The number of carbonyl (C=O) groups excluding carboxylic acids is 1. The summed E-state index contributed by atoms with van der Waals surface area (Å²) in [5, 5.41) is 31.0. The van der Waals surface area contributed by atoms with Crippen molar-refractivity contribution in [2.24, 2.45) is 0 Å². The third-order valence-corrected chi connectivity index (χ3v) is 2.92. The van der Waals surface area contributed by atoms with Crippen molar-refractivity contribution in [3.63, 3.8) is 0 Å². The molecule has 3 N–H and O–H groups in total. The fraction of sp³-hybridized carbons (Fsp3) is 0.429. The number of aliphatic hydroxyl groups is 1. The number of aliphatic carboxylic acids is 1. The summed E-state index contributed by atoms with van der Waals surface area (Å²) < 4.78 is 4.94. The van der Waals surface area contributed by atoms with Crippen LogP contribution in [0, 0.1) is 10.1 Å². The number of carboxylic acid groups (broad SMARTS) is 1. The molecule has 1 aromatic rings. The molecule has 0 saturated carbocycles. The number of nitrogens with zero attached hydrogens (tertiary/aromatic N) is 1. The minimum Gasteiger partial charge on any atom is -0.481 e. The largest absolute Gasteiger partial charge is 0.481 e. The molecular weight excluding hydrogens is 308 g/mol. The van der Waals surface area contributed by atoms with Crippen molar-refractivity contribution in [1.82, 2.24) is 5.32 Å². The third-order valence-electron chi connectivity index (χ3n) is 2.92. The number of carboxylic acids is 1. The van der Waals surface area contributed by atoms with Crippen molar-refractivity contribution in [1.29, 1.82) is 0 Å². The van der Waals surface area contributed by atoms with Gasteiger partial charge in [0, 0.05) is 18.2 Å². The van der Waals surface area contributed by atoms with Crippen molar-refractivity contribution in [3.05, 3.63) is 39.9 Å². The Morgan fingerprint density at radius 3 is 2.48 bits per heavy atom. The average Bonchev–Trinajstić information content (AvgIpc) is 2.44. The second kappa shape index (κ2) is 8.69. The van der Waals surface area contributed by atoms with Gasteiger partial charge in [0.25, 0.3) is 5.69 Å². The van der Waals surface area contributed by atoms with Crippen LogP contribution in [0.1, 0.15) is 25.3 Å². The first-order valence-electron chi connectivity index (χ1n) is 6.84. The van der Waals surface area contributed by atoms with E-state index >= 15 is 0 Å². The number of rotatable bonds is 8. The number of alkyl carbamates (subject to hydrolysis) is 1. The maximum atomic E-state index is 11.6. The molecule has 2 atom stereocenters. The van der Waals surface area contributed by atoms with Crippen LogP contribution in [-0.4, -0.2) is 39.3 Å². The van der Waals surface area contributed by atoms with E-state index in [-0.39, 0.29) is 18.7 Å². The molecule has 0 aliphatic rings. The van der Waals surface area contributed by atoms with Gasteiger partial charge in [-0.1, -0.05) is 0 Å². The second-order valence-corrected chi connectivity index (χ2v) is 5.03. The molecule has 9 heteroatoms. The van der Waals surface area contributed by atoms with Crippen LogP contribution in [0.5, 0.6) is 0 Å². The molecule has 0 aliphatic heterocycles. The molecule has 0 fully saturated rings. The zero-order chi connectivity index (χ0) is 17.4. The molecule has 0 saturated heterocycles. The minimum atomic E-state index is -1.12. The summed E-state index contributed by atoms with van der Waals surface area (Å²) in [5.41, 5.74) is 0.531. The van der Waals surface area contributed by atoms with Crippen molar-refractivity contribution < 1.29 is 29.5 Å². The molecule has 0 bridgehead atoms. The normalized spacial score (nSPS) is 13.0. The van der Waals surface area contributed by atoms with Gasteiger partial charge < -0.3 is 20.3 Å². The molecule has 0 radical (unpaired) electrons. The molecular formula is C14H18N2O7. The summed E-state index contributed by atoms with van der Waals surface area (Å²) in [6, 6.07) is 5.11. The van der Waals surface area contributed by atoms with Gasteiger partial charge in [0.05, 0.1) is 17.4 Å². The highest BCUT2D eigenvalue weighted by molar-refractivity contribution is 5.68. The molecule has 1 amide bonds. The van der Waals surface area contributed by atoms with Crippen molar-refractivity contribution >= 4 is 17.7 Å². The van der Waals surface area contributed by atoms with Gasteiger partial charge in [-0.3, -0.25) is 14.9 Å². The molecule has 0 heterocycles. The summed E-state index contributed by atoms with van der Waals surface area (Å²) in [6.07, 6.45) is -2.10. The van der Waals surface area contributed by atoms with Crippen LogP contribution in [0.4, 0.5) is 10.5 Å².